The topological polar surface area (TPSA) is 79.4 Å². The van der Waals surface area contributed by atoms with Crippen molar-refractivity contribution < 1.29 is 17.6 Å². The molecule has 0 fully saturated rings. The zero-order valence-electron chi connectivity index (χ0n) is 14.6. The largest absolute Gasteiger partial charge is 0.307 e. The molecule has 28 heavy (non-hydrogen) atoms. The number of amides is 1. The summed E-state index contributed by atoms with van der Waals surface area (Å²) in [6.07, 6.45) is 1.38. The third kappa shape index (κ3) is 4.29. The number of nitrogens with one attached hydrogen (secondary N) is 1. The van der Waals surface area contributed by atoms with Crippen LogP contribution in [0.15, 0.2) is 71.8 Å². The Morgan fingerprint density at radius 2 is 1.82 bits per heavy atom. The van der Waals surface area contributed by atoms with Crippen molar-refractivity contribution in [2.24, 2.45) is 0 Å². The van der Waals surface area contributed by atoms with Crippen LogP contribution in [0.2, 0.25) is 5.02 Å². The van der Waals surface area contributed by atoms with Crippen molar-refractivity contribution in [1.82, 2.24) is 4.98 Å². The molecule has 0 bridgehead atoms. The summed E-state index contributed by atoms with van der Waals surface area (Å²) < 4.78 is 39.8. The van der Waals surface area contributed by atoms with Gasteiger partial charge in [0.2, 0.25) is 0 Å². The van der Waals surface area contributed by atoms with Crippen LogP contribution in [0, 0.1) is 5.82 Å². The Hall–Kier alpha value is -2.97. The fraction of sp³-hybridized carbons (Fsp3) is 0.0526. The van der Waals surface area contributed by atoms with Crippen LogP contribution in [0.1, 0.15) is 10.4 Å². The van der Waals surface area contributed by atoms with Crippen LogP contribution in [0.3, 0.4) is 0 Å². The van der Waals surface area contributed by atoms with E-state index >= 15 is 0 Å². The molecular formula is C19H15ClFN3O3S. The van der Waals surface area contributed by atoms with Crippen LogP contribution in [-0.4, -0.2) is 26.4 Å². The fourth-order valence-corrected chi connectivity index (χ4v) is 3.74. The summed E-state index contributed by atoms with van der Waals surface area (Å²) in [6, 6.07) is 13.8. The van der Waals surface area contributed by atoms with Crippen molar-refractivity contribution in [3.05, 3.63) is 83.3 Å². The molecule has 0 aliphatic carbocycles. The molecule has 9 heteroatoms. The quantitative estimate of drug-likeness (QED) is 0.679. The minimum atomic E-state index is -3.94. The molecular weight excluding hydrogens is 405 g/mol. The zero-order chi connectivity index (χ0) is 20.3. The minimum absolute atomic E-state index is 0.0731. The molecule has 0 unspecified atom stereocenters. The number of nitrogens with zero attached hydrogens (tertiary/aromatic N) is 2. The van der Waals surface area contributed by atoms with Crippen molar-refractivity contribution in [1.29, 1.82) is 0 Å². The van der Waals surface area contributed by atoms with E-state index in [0.29, 0.717) is 10.7 Å². The molecule has 1 N–H and O–H groups in total. The average Bonchev–Trinajstić information content (AvgIpc) is 2.70. The first-order valence-corrected chi connectivity index (χ1v) is 9.86. The fourth-order valence-electron chi connectivity index (χ4n) is 2.38. The van der Waals surface area contributed by atoms with Gasteiger partial charge in [0, 0.05) is 18.8 Å². The van der Waals surface area contributed by atoms with Crippen molar-refractivity contribution >= 4 is 39.0 Å². The highest BCUT2D eigenvalue weighted by Gasteiger charge is 2.22. The number of sulfonamides is 1. The predicted octanol–water partition coefficient (Wildman–Crippen LogP) is 3.95. The number of halogens is 2. The summed E-state index contributed by atoms with van der Waals surface area (Å²) in [4.78, 5) is 16.3. The Labute approximate surface area is 166 Å². The van der Waals surface area contributed by atoms with Gasteiger partial charge >= 0.3 is 0 Å². The van der Waals surface area contributed by atoms with Gasteiger partial charge in [-0.25, -0.2) is 17.8 Å². The molecule has 0 aliphatic rings. The third-order valence-electron chi connectivity index (χ3n) is 3.91. The van der Waals surface area contributed by atoms with E-state index in [0.717, 1.165) is 4.31 Å². The highest BCUT2D eigenvalue weighted by molar-refractivity contribution is 7.92. The van der Waals surface area contributed by atoms with Gasteiger partial charge in [-0.15, -0.1) is 0 Å². The number of pyridine rings is 1. The second-order valence-electron chi connectivity index (χ2n) is 5.79. The maximum atomic E-state index is 13.1. The van der Waals surface area contributed by atoms with Crippen molar-refractivity contribution in [3.8, 4) is 0 Å². The molecule has 0 spiro atoms. The predicted molar refractivity (Wildman–Crippen MR) is 106 cm³/mol. The summed E-state index contributed by atoms with van der Waals surface area (Å²) in [6.45, 7) is 0. The van der Waals surface area contributed by atoms with E-state index in [9.17, 15) is 17.6 Å². The number of rotatable bonds is 5. The van der Waals surface area contributed by atoms with Gasteiger partial charge in [0.25, 0.3) is 15.9 Å². The Morgan fingerprint density at radius 1 is 1.11 bits per heavy atom. The van der Waals surface area contributed by atoms with E-state index < -0.39 is 21.7 Å². The highest BCUT2D eigenvalue weighted by Crippen LogP contribution is 2.23. The van der Waals surface area contributed by atoms with E-state index in [1.807, 2.05) is 0 Å². The van der Waals surface area contributed by atoms with Crippen LogP contribution in [0.25, 0.3) is 0 Å². The van der Waals surface area contributed by atoms with E-state index in [4.69, 9.17) is 11.6 Å². The van der Waals surface area contributed by atoms with Crippen molar-refractivity contribution in [2.75, 3.05) is 16.7 Å². The maximum absolute atomic E-state index is 13.1. The molecule has 3 aromatic rings. The average molecular weight is 420 g/mol. The molecule has 144 valence electrons. The summed E-state index contributed by atoms with van der Waals surface area (Å²) in [5, 5.41) is 3.00. The lowest BCUT2D eigenvalue weighted by Crippen LogP contribution is -2.27. The Morgan fingerprint density at radius 3 is 2.46 bits per heavy atom. The van der Waals surface area contributed by atoms with E-state index in [1.54, 1.807) is 6.07 Å². The molecule has 1 heterocycles. The minimum Gasteiger partial charge on any atom is -0.307 e. The van der Waals surface area contributed by atoms with Gasteiger partial charge in [0.05, 0.1) is 15.6 Å². The number of hydrogen-bond acceptors (Lipinski definition) is 4. The molecule has 2 aromatic carbocycles. The molecule has 0 radical (unpaired) electrons. The Bertz CT molecular complexity index is 1100. The lowest BCUT2D eigenvalue weighted by Gasteiger charge is -2.19. The molecule has 1 amide bonds. The molecule has 1 aromatic heterocycles. The van der Waals surface area contributed by atoms with Crippen LogP contribution in [0.4, 0.5) is 15.9 Å². The second kappa shape index (κ2) is 7.95. The van der Waals surface area contributed by atoms with Gasteiger partial charge in [-0.05, 0) is 54.6 Å². The van der Waals surface area contributed by atoms with E-state index in [1.165, 1.54) is 67.8 Å². The van der Waals surface area contributed by atoms with Gasteiger partial charge in [-0.1, -0.05) is 17.7 Å². The maximum Gasteiger partial charge on any atom is 0.264 e. The lowest BCUT2D eigenvalue weighted by atomic mass is 10.2. The molecule has 6 nitrogen and oxygen atoms in total. The van der Waals surface area contributed by atoms with Crippen LogP contribution >= 0.6 is 11.6 Å². The van der Waals surface area contributed by atoms with Crippen LogP contribution < -0.4 is 9.62 Å². The van der Waals surface area contributed by atoms with Crippen LogP contribution in [0.5, 0.6) is 0 Å². The lowest BCUT2D eigenvalue weighted by molar-refractivity contribution is 0.102. The molecule has 0 saturated heterocycles. The SMILES string of the molecule is CN(c1ccc(F)cc1)S(=O)(=O)c1cccc(C(=O)Nc2ccc(Cl)cn2)c1. The van der Waals surface area contributed by atoms with Gasteiger partial charge < -0.3 is 5.32 Å². The number of benzene rings is 2. The number of hydrogen-bond donors (Lipinski definition) is 1. The Kier molecular flexibility index (Phi) is 5.62. The van der Waals surface area contributed by atoms with Crippen LogP contribution in [-0.2, 0) is 10.0 Å². The highest BCUT2D eigenvalue weighted by atomic mass is 35.5. The normalized spacial score (nSPS) is 11.1. The summed E-state index contributed by atoms with van der Waals surface area (Å²) in [7, 11) is -2.59. The third-order valence-corrected chi connectivity index (χ3v) is 5.92. The van der Waals surface area contributed by atoms with Gasteiger partial charge in [0.15, 0.2) is 0 Å². The molecule has 3 rings (SSSR count). The zero-order valence-corrected chi connectivity index (χ0v) is 16.2. The second-order valence-corrected chi connectivity index (χ2v) is 8.20. The van der Waals surface area contributed by atoms with Crippen molar-refractivity contribution in [3.63, 3.8) is 0 Å². The summed E-state index contributed by atoms with van der Waals surface area (Å²) in [5.41, 5.74) is 0.437. The first-order valence-electron chi connectivity index (χ1n) is 8.05. The van der Waals surface area contributed by atoms with Gasteiger partial charge in [0.1, 0.15) is 11.6 Å². The number of carbonyl (C=O) groups excluding carboxylic acids is 1. The Balaban J connectivity index is 1.86. The molecule has 0 aliphatic heterocycles. The number of aromatic nitrogens is 1. The summed E-state index contributed by atoms with van der Waals surface area (Å²) >= 11 is 5.76. The first kappa shape index (κ1) is 19.8. The van der Waals surface area contributed by atoms with E-state index in [-0.39, 0.29) is 16.3 Å². The van der Waals surface area contributed by atoms with Gasteiger partial charge in [-0.3, -0.25) is 9.10 Å². The van der Waals surface area contributed by atoms with E-state index in [2.05, 4.69) is 10.3 Å². The molecule has 0 saturated carbocycles. The number of anilines is 2. The summed E-state index contributed by atoms with van der Waals surface area (Å²) in [5.74, 6) is -0.702. The number of carbonyl (C=O) groups is 1. The first-order chi connectivity index (χ1) is 13.3. The van der Waals surface area contributed by atoms with Gasteiger partial charge in [-0.2, -0.15) is 0 Å². The standard InChI is InChI=1S/C19H15ClFN3O3S/c1-24(16-8-6-15(21)7-9-16)28(26,27)17-4-2-3-13(11-17)19(25)23-18-10-5-14(20)12-22-18/h2-12H,1H3,(H,22,23,25). The smallest absolute Gasteiger partial charge is 0.264 e. The molecule has 0 atom stereocenters. The van der Waals surface area contributed by atoms with Crippen molar-refractivity contribution in [2.45, 2.75) is 4.90 Å². The monoisotopic (exact) mass is 419 g/mol.